The van der Waals surface area contributed by atoms with Gasteiger partial charge in [0.15, 0.2) is 0 Å². The standard InChI is InChI=1S/C10H11N/c1-9(11-2)8-10-6-4-3-5-7-10/h3-7,9H,8H2,1H3. The largest absolute Gasteiger partial charge is 0.314 e. The van der Waals surface area contributed by atoms with Gasteiger partial charge < -0.3 is 4.85 Å². The average Bonchev–Trinajstić information content (AvgIpc) is 2.06. The highest BCUT2D eigenvalue weighted by Gasteiger charge is 2.03. The molecule has 0 saturated carbocycles. The van der Waals surface area contributed by atoms with Crippen molar-refractivity contribution in [3.63, 3.8) is 0 Å². The fraction of sp³-hybridized carbons (Fsp3) is 0.300. The molecule has 0 heterocycles. The van der Waals surface area contributed by atoms with Gasteiger partial charge in [0.25, 0.3) is 0 Å². The van der Waals surface area contributed by atoms with Crippen LogP contribution in [0.15, 0.2) is 30.3 Å². The van der Waals surface area contributed by atoms with Gasteiger partial charge in [0, 0.05) is 13.3 Å². The predicted octanol–water partition coefficient (Wildman–Crippen LogP) is 2.54. The Hall–Kier alpha value is -1.29. The molecule has 0 amide bonds. The monoisotopic (exact) mass is 145 g/mol. The molecular formula is C10H11N. The number of nitrogens with zero attached hydrogens (tertiary/aromatic N) is 1. The van der Waals surface area contributed by atoms with Crippen LogP contribution in [-0.4, -0.2) is 6.04 Å². The van der Waals surface area contributed by atoms with Crippen LogP contribution in [0.1, 0.15) is 12.5 Å². The molecular weight excluding hydrogens is 134 g/mol. The van der Waals surface area contributed by atoms with Crippen molar-refractivity contribution >= 4 is 0 Å². The summed E-state index contributed by atoms with van der Waals surface area (Å²) in [5.74, 6) is 0. The highest BCUT2D eigenvalue weighted by Crippen LogP contribution is 2.04. The second-order valence-electron chi connectivity index (χ2n) is 2.67. The molecule has 0 aliphatic rings. The molecule has 11 heavy (non-hydrogen) atoms. The molecule has 1 heteroatoms. The lowest BCUT2D eigenvalue weighted by atomic mass is 10.1. The van der Waals surface area contributed by atoms with E-state index in [1.54, 1.807) is 0 Å². The summed E-state index contributed by atoms with van der Waals surface area (Å²) in [6.07, 6.45) is 0.865. The van der Waals surface area contributed by atoms with E-state index in [1.807, 2.05) is 25.1 Å². The summed E-state index contributed by atoms with van der Waals surface area (Å²) in [6, 6.07) is 10.2. The minimum absolute atomic E-state index is 0.109. The fourth-order valence-electron chi connectivity index (χ4n) is 1.00. The molecule has 0 aliphatic carbocycles. The molecule has 1 unspecified atom stereocenters. The quantitative estimate of drug-likeness (QED) is 0.563. The molecule has 1 nitrogen and oxygen atoms in total. The van der Waals surface area contributed by atoms with Crippen LogP contribution in [0.4, 0.5) is 0 Å². The number of benzene rings is 1. The summed E-state index contributed by atoms with van der Waals surface area (Å²) < 4.78 is 0. The molecule has 1 aromatic carbocycles. The summed E-state index contributed by atoms with van der Waals surface area (Å²) in [6.45, 7) is 8.73. The molecule has 0 radical (unpaired) electrons. The number of rotatable bonds is 2. The third-order valence-electron chi connectivity index (χ3n) is 1.59. The lowest BCUT2D eigenvalue weighted by Gasteiger charge is -1.97. The normalized spacial score (nSPS) is 12.0. The van der Waals surface area contributed by atoms with E-state index in [4.69, 9.17) is 6.57 Å². The smallest absolute Gasteiger partial charge is 0.225 e. The summed E-state index contributed by atoms with van der Waals surface area (Å²) in [7, 11) is 0. The minimum atomic E-state index is 0.109. The second kappa shape index (κ2) is 3.78. The van der Waals surface area contributed by atoms with Crippen LogP contribution in [0, 0.1) is 6.57 Å². The van der Waals surface area contributed by atoms with E-state index < -0.39 is 0 Å². The van der Waals surface area contributed by atoms with Gasteiger partial charge in [-0.25, -0.2) is 6.57 Å². The minimum Gasteiger partial charge on any atom is -0.314 e. The van der Waals surface area contributed by atoms with E-state index in [9.17, 15) is 0 Å². The first-order chi connectivity index (χ1) is 5.33. The highest BCUT2D eigenvalue weighted by atomic mass is 14.7. The van der Waals surface area contributed by atoms with E-state index in [-0.39, 0.29) is 6.04 Å². The summed E-state index contributed by atoms with van der Waals surface area (Å²) in [5.41, 5.74) is 1.25. The van der Waals surface area contributed by atoms with Crippen LogP contribution in [0.2, 0.25) is 0 Å². The first kappa shape index (κ1) is 7.81. The number of hydrogen-bond donors (Lipinski definition) is 0. The maximum absolute atomic E-state index is 6.78. The Morgan fingerprint density at radius 1 is 1.36 bits per heavy atom. The molecule has 1 aromatic rings. The molecule has 0 saturated heterocycles. The van der Waals surface area contributed by atoms with Crippen LogP contribution in [0.25, 0.3) is 4.85 Å². The van der Waals surface area contributed by atoms with Gasteiger partial charge in [-0.3, -0.25) is 0 Å². The maximum Gasteiger partial charge on any atom is 0.225 e. The van der Waals surface area contributed by atoms with Crippen LogP contribution in [-0.2, 0) is 6.42 Å². The predicted molar refractivity (Wildman–Crippen MR) is 46.2 cm³/mol. The lowest BCUT2D eigenvalue weighted by Crippen LogP contribution is -1.99. The topological polar surface area (TPSA) is 4.36 Å². The zero-order chi connectivity index (χ0) is 8.10. The summed E-state index contributed by atoms with van der Waals surface area (Å²) in [5, 5.41) is 0. The molecule has 56 valence electrons. The van der Waals surface area contributed by atoms with Crippen molar-refractivity contribution in [2.24, 2.45) is 0 Å². The molecule has 0 aliphatic heterocycles. The lowest BCUT2D eigenvalue weighted by molar-refractivity contribution is 0.844. The van der Waals surface area contributed by atoms with E-state index in [1.165, 1.54) is 5.56 Å². The number of hydrogen-bond acceptors (Lipinski definition) is 0. The van der Waals surface area contributed by atoms with Crippen LogP contribution in [0.5, 0.6) is 0 Å². The van der Waals surface area contributed by atoms with Crippen molar-refractivity contribution in [2.75, 3.05) is 0 Å². The Labute approximate surface area is 67.5 Å². The molecule has 0 bridgehead atoms. The van der Waals surface area contributed by atoms with Crippen molar-refractivity contribution in [3.8, 4) is 0 Å². The van der Waals surface area contributed by atoms with Crippen molar-refractivity contribution in [2.45, 2.75) is 19.4 Å². The Kier molecular flexibility index (Phi) is 2.68. The Morgan fingerprint density at radius 2 is 2.00 bits per heavy atom. The third-order valence-corrected chi connectivity index (χ3v) is 1.59. The van der Waals surface area contributed by atoms with Crippen molar-refractivity contribution in [1.82, 2.24) is 0 Å². The zero-order valence-electron chi connectivity index (χ0n) is 6.62. The molecule has 1 atom stereocenters. The van der Waals surface area contributed by atoms with Gasteiger partial charge in [-0.1, -0.05) is 30.3 Å². The van der Waals surface area contributed by atoms with E-state index >= 15 is 0 Å². The molecule has 0 N–H and O–H groups in total. The van der Waals surface area contributed by atoms with Crippen LogP contribution >= 0.6 is 0 Å². The Balaban J connectivity index is 2.60. The van der Waals surface area contributed by atoms with Gasteiger partial charge in [-0.15, -0.1) is 0 Å². The van der Waals surface area contributed by atoms with Gasteiger partial charge in [0.1, 0.15) is 0 Å². The maximum atomic E-state index is 6.78. The molecule has 0 fully saturated rings. The Bertz CT molecular complexity index is 245. The first-order valence-corrected chi connectivity index (χ1v) is 3.73. The van der Waals surface area contributed by atoms with Gasteiger partial charge >= 0.3 is 0 Å². The first-order valence-electron chi connectivity index (χ1n) is 3.73. The van der Waals surface area contributed by atoms with Crippen molar-refractivity contribution in [1.29, 1.82) is 0 Å². The third kappa shape index (κ3) is 2.43. The van der Waals surface area contributed by atoms with Crippen molar-refractivity contribution in [3.05, 3.63) is 47.3 Å². The van der Waals surface area contributed by atoms with Gasteiger partial charge in [0.05, 0.1) is 0 Å². The van der Waals surface area contributed by atoms with E-state index in [2.05, 4.69) is 17.0 Å². The molecule has 0 aromatic heterocycles. The van der Waals surface area contributed by atoms with E-state index in [0.29, 0.717) is 0 Å². The molecule has 0 spiro atoms. The van der Waals surface area contributed by atoms with Gasteiger partial charge in [-0.2, -0.15) is 0 Å². The van der Waals surface area contributed by atoms with E-state index in [0.717, 1.165) is 6.42 Å². The van der Waals surface area contributed by atoms with Crippen molar-refractivity contribution < 1.29 is 0 Å². The summed E-state index contributed by atoms with van der Waals surface area (Å²) in [4.78, 5) is 3.43. The van der Waals surface area contributed by atoms with Gasteiger partial charge in [0.2, 0.25) is 6.04 Å². The van der Waals surface area contributed by atoms with Gasteiger partial charge in [-0.05, 0) is 5.56 Å². The fourth-order valence-corrected chi connectivity index (χ4v) is 1.00. The zero-order valence-corrected chi connectivity index (χ0v) is 6.62. The summed E-state index contributed by atoms with van der Waals surface area (Å²) >= 11 is 0. The van der Waals surface area contributed by atoms with Crippen LogP contribution in [0.3, 0.4) is 0 Å². The SMILES string of the molecule is [C-]#[N+]C(C)Cc1ccccc1. The van der Waals surface area contributed by atoms with Crippen LogP contribution < -0.4 is 0 Å². The molecule has 1 rings (SSSR count). The Morgan fingerprint density at radius 3 is 2.55 bits per heavy atom. The average molecular weight is 145 g/mol. The highest BCUT2D eigenvalue weighted by molar-refractivity contribution is 5.16. The second-order valence-corrected chi connectivity index (χ2v) is 2.67.